The molecule has 0 amide bonds. The fourth-order valence-corrected chi connectivity index (χ4v) is 3.47. The molecule has 0 saturated carbocycles. The molecule has 0 unspecified atom stereocenters. The molecule has 0 radical (unpaired) electrons. The molecule has 0 aliphatic carbocycles. The zero-order valence-electron chi connectivity index (χ0n) is 14.8. The van der Waals surface area contributed by atoms with Crippen LogP contribution in [0.5, 0.6) is 0 Å². The van der Waals surface area contributed by atoms with Gasteiger partial charge in [0.2, 0.25) is 0 Å². The third kappa shape index (κ3) is 4.56. The molecule has 1 fully saturated rings. The van der Waals surface area contributed by atoms with Gasteiger partial charge in [0.15, 0.2) is 0 Å². The Balaban J connectivity index is 1.73. The van der Waals surface area contributed by atoms with Crippen molar-refractivity contribution >= 4 is 40.8 Å². The number of nitrogens with zero attached hydrogens (tertiary/aromatic N) is 3. The molecule has 1 saturated heterocycles. The van der Waals surface area contributed by atoms with Gasteiger partial charge in [-0.05, 0) is 24.3 Å². The van der Waals surface area contributed by atoms with E-state index in [4.69, 9.17) is 33.7 Å². The van der Waals surface area contributed by atoms with Crippen molar-refractivity contribution in [3.63, 3.8) is 0 Å². The predicted molar refractivity (Wildman–Crippen MR) is 103 cm³/mol. The Labute approximate surface area is 174 Å². The maximum absolute atomic E-state index is 13.0. The molecule has 2 heterocycles. The first kappa shape index (κ1) is 21.2. The van der Waals surface area contributed by atoms with Crippen LogP contribution in [0.3, 0.4) is 0 Å². The number of rotatable bonds is 3. The van der Waals surface area contributed by atoms with Crippen molar-refractivity contribution in [3.8, 4) is 0 Å². The van der Waals surface area contributed by atoms with E-state index in [-0.39, 0.29) is 27.0 Å². The first-order chi connectivity index (χ1) is 13.6. The summed E-state index contributed by atoms with van der Waals surface area (Å²) in [4.78, 5) is 18.5. The number of pyridine rings is 1. The molecular weight excluding hydrogens is 432 g/mol. The third-order valence-electron chi connectivity index (χ3n) is 4.51. The van der Waals surface area contributed by atoms with E-state index in [0.29, 0.717) is 32.0 Å². The van der Waals surface area contributed by atoms with Gasteiger partial charge >= 0.3 is 12.1 Å². The van der Waals surface area contributed by atoms with E-state index < -0.39 is 17.7 Å². The van der Waals surface area contributed by atoms with Crippen molar-refractivity contribution in [2.24, 2.45) is 0 Å². The molecule has 0 spiro atoms. The second kappa shape index (κ2) is 8.08. The molecular formula is C18H15Cl2F3N4O2. The van der Waals surface area contributed by atoms with Crippen LogP contribution >= 0.6 is 23.2 Å². The summed E-state index contributed by atoms with van der Waals surface area (Å²) in [5.74, 6) is -0.817. The van der Waals surface area contributed by atoms with Crippen LogP contribution in [0.15, 0.2) is 30.5 Å². The van der Waals surface area contributed by atoms with Gasteiger partial charge in [-0.15, -0.1) is 0 Å². The first-order valence-corrected chi connectivity index (χ1v) is 9.18. The van der Waals surface area contributed by atoms with Crippen molar-refractivity contribution in [1.29, 1.82) is 5.41 Å². The monoisotopic (exact) mass is 446 g/mol. The normalized spacial score (nSPS) is 14.8. The zero-order valence-corrected chi connectivity index (χ0v) is 16.3. The number of benzene rings is 1. The molecule has 2 N–H and O–H groups in total. The Morgan fingerprint density at radius 2 is 1.76 bits per heavy atom. The van der Waals surface area contributed by atoms with Crippen LogP contribution in [-0.2, 0) is 6.18 Å². The van der Waals surface area contributed by atoms with Gasteiger partial charge in [-0.1, -0.05) is 23.2 Å². The van der Waals surface area contributed by atoms with Crippen molar-refractivity contribution in [1.82, 2.24) is 9.88 Å². The number of hydrogen-bond donors (Lipinski definition) is 2. The van der Waals surface area contributed by atoms with Gasteiger partial charge < -0.3 is 14.9 Å². The van der Waals surface area contributed by atoms with Gasteiger partial charge in [0, 0.05) is 37.9 Å². The van der Waals surface area contributed by atoms with Crippen LogP contribution < -0.4 is 4.90 Å². The molecule has 0 atom stereocenters. The molecule has 1 aromatic carbocycles. The number of hydrogen-bond acceptors (Lipinski definition) is 4. The Bertz CT molecular complexity index is 961. The fraction of sp³-hybridized carbons (Fsp3) is 0.278. The smallest absolute Gasteiger partial charge is 0.416 e. The molecule has 1 aromatic heterocycles. The molecule has 6 nitrogen and oxygen atoms in total. The Morgan fingerprint density at radius 1 is 1.10 bits per heavy atom. The second-order valence-corrected chi connectivity index (χ2v) is 7.16. The lowest BCUT2D eigenvalue weighted by molar-refractivity contribution is -0.137. The van der Waals surface area contributed by atoms with Gasteiger partial charge in [0.05, 0.1) is 21.2 Å². The molecule has 154 valence electrons. The maximum atomic E-state index is 13.0. The van der Waals surface area contributed by atoms with E-state index >= 15 is 0 Å². The van der Waals surface area contributed by atoms with Crippen molar-refractivity contribution in [2.45, 2.75) is 6.18 Å². The van der Waals surface area contributed by atoms with E-state index in [1.807, 2.05) is 4.90 Å². The van der Waals surface area contributed by atoms with Crippen LogP contribution in [0.2, 0.25) is 10.0 Å². The van der Waals surface area contributed by atoms with Crippen LogP contribution in [0.4, 0.5) is 19.0 Å². The minimum Gasteiger partial charge on any atom is -0.478 e. The van der Waals surface area contributed by atoms with Crippen LogP contribution in [-0.4, -0.2) is 53.0 Å². The van der Waals surface area contributed by atoms with Gasteiger partial charge in [0.1, 0.15) is 11.7 Å². The quantitative estimate of drug-likeness (QED) is 0.543. The summed E-state index contributed by atoms with van der Waals surface area (Å²) in [5, 5.41) is 17.5. The summed E-state index contributed by atoms with van der Waals surface area (Å²) in [6, 6.07) is 4.20. The van der Waals surface area contributed by atoms with E-state index in [1.165, 1.54) is 12.3 Å². The summed E-state index contributed by atoms with van der Waals surface area (Å²) in [6.07, 6.45) is -3.32. The number of carboxylic acid groups (broad SMARTS) is 1. The molecule has 2 aromatic rings. The molecule has 11 heteroatoms. The van der Waals surface area contributed by atoms with E-state index in [2.05, 4.69) is 4.98 Å². The van der Waals surface area contributed by atoms with E-state index in [9.17, 15) is 18.0 Å². The minimum absolute atomic E-state index is 0.0110. The maximum Gasteiger partial charge on any atom is 0.416 e. The standard InChI is InChI=1S/C18H15Cl2F3N4O2/c19-13-2-1-11(18(21,22)23)8-12(13)15(24)26-3-5-27(6-4-26)16-14(20)7-10(9-25-16)17(28)29/h1-2,7-9,24H,3-6H2,(H,28,29). The number of aromatic carboxylic acids is 1. The largest absolute Gasteiger partial charge is 0.478 e. The van der Waals surface area contributed by atoms with Crippen molar-refractivity contribution in [2.75, 3.05) is 31.1 Å². The minimum atomic E-state index is -4.52. The highest BCUT2D eigenvalue weighted by Gasteiger charge is 2.32. The van der Waals surface area contributed by atoms with Gasteiger partial charge in [-0.25, -0.2) is 9.78 Å². The number of nitrogens with one attached hydrogen (secondary N) is 1. The molecule has 1 aliphatic heterocycles. The second-order valence-electron chi connectivity index (χ2n) is 6.35. The number of piperazine rings is 1. The number of aromatic nitrogens is 1. The number of halogens is 5. The molecule has 29 heavy (non-hydrogen) atoms. The van der Waals surface area contributed by atoms with Crippen LogP contribution in [0.25, 0.3) is 0 Å². The SMILES string of the molecule is N=C(c1cc(C(F)(F)F)ccc1Cl)N1CCN(c2ncc(C(=O)O)cc2Cl)CC1. The summed E-state index contributed by atoms with van der Waals surface area (Å²) in [7, 11) is 0. The number of carbonyl (C=O) groups is 1. The van der Waals surface area contributed by atoms with Gasteiger partial charge in [-0.2, -0.15) is 13.2 Å². The summed E-state index contributed by atoms with van der Waals surface area (Å²) in [5.41, 5.74) is -0.884. The van der Waals surface area contributed by atoms with Gasteiger partial charge in [0.25, 0.3) is 0 Å². The highest BCUT2D eigenvalue weighted by atomic mass is 35.5. The van der Waals surface area contributed by atoms with Crippen molar-refractivity contribution in [3.05, 3.63) is 57.2 Å². The highest BCUT2D eigenvalue weighted by molar-refractivity contribution is 6.34. The van der Waals surface area contributed by atoms with Crippen molar-refractivity contribution < 1.29 is 23.1 Å². The summed E-state index contributed by atoms with van der Waals surface area (Å²) < 4.78 is 38.9. The first-order valence-electron chi connectivity index (χ1n) is 8.42. The molecule has 0 bridgehead atoms. The lowest BCUT2D eigenvalue weighted by Crippen LogP contribution is -2.49. The lowest BCUT2D eigenvalue weighted by atomic mass is 10.1. The third-order valence-corrected chi connectivity index (χ3v) is 5.12. The highest BCUT2D eigenvalue weighted by Crippen LogP contribution is 2.32. The predicted octanol–water partition coefficient (Wildman–Crippen LogP) is 4.25. The summed E-state index contributed by atoms with van der Waals surface area (Å²) in [6.45, 7) is 1.48. The van der Waals surface area contributed by atoms with E-state index in [1.54, 1.807) is 4.90 Å². The zero-order chi connectivity index (χ0) is 21.3. The molecule has 1 aliphatic rings. The summed E-state index contributed by atoms with van der Waals surface area (Å²) >= 11 is 12.2. The number of amidine groups is 1. The molecule has 3 rings (SSSR count). The Hall–Kier alpha value is -2.52. The number of anilines is 1. The Morgan fingerprint density at radius 3 is 2.31 bits per heavy atom. The van der Waals surface area contributed by atoms with Gasteiger partial charge in [-0.3, -0.25) is 5.41 Å². The van der Waals surface area contributed by atoms with Crippen LogP contribution in [0.1, 0.15) is 21.5 Å². The average molecular weight is 447 g/mol. The lowest BCUT2D eigenvalue weighted by Gasteiger charge is -2.37. The number of carboxylic acids is 1. The average Bonchev–Trinajstić information content (AvgIpc) is 2.67. The van der Waals surface area contributed by atoms with Crippen LogP contribution in [0, 0.1) is 5.41 Å². The Kier molecular flexibility index (Phi) is 5.90. The topological polar surface area (TPSA) is 80.5 Å². The van der Waals surface area contributed by atoms with E-state index in [0.717, 1.165) is 18.2 Å². The fourth-order valence-electron chi connectivity index (χ4n) is 2.98. The number of alkyl halides is 3.